The van der Waals surface area contributed by atoms with Crippen molar-refractivity contribution in [3.05, 3.63) is 35.4 Å². The standard InChI is InChI=1S/C14H19N3O/c15-13-6-8-17(10-13)14(18)16-7-5-11-3-1-2-4-12(11)9-16/h1-4,13H,5-10,15H2. The van der Waals surface area contributed by atoms with Crippen molar-refractivity contribution in [3.63, 3.8) is 0 Å². The van der Waals surface area contributed by atoms with Gasteiger partial charge in [0.1, 0.15) is 0 Å². The smallest absolute Gasteiger partial charge is 0.320 e. The number of likely N-dealkylation sites (tertiary alicyclic amines) is 1. The number of carbonyl (C=O) groups is 1. The molecule has 1 atom stereocenters. The Balaban J connectivity index is 1.70. The maximum atomic E-state index is 12.4. The summed E-state index contributed by atoms with van der Waals surface area (Å²) in [6.07, 6.45) is 1.89. The van der Waals surface area contributed by atoms with Crippen LogP contribution in [0.3, 0.4) is 0 Å². The van der Waals surface area contributed by atoms with Crippen LogP contribution in [0.25, 0.3) is 0 Å². The van der Waals surface area contributed by atoms with Gasteiger partial charge >= 0.3 is 6.03 Å². The molecular weight excluding hydrogens is 226 g/mol. The van der Waals surface area contributed by atoms with Crippen LogP contribution in [-0.2, 0) is 13.0 Å². The van der Waals surface area contributed by atoms with Crippen LogP contribution in [0.1, 0.15) is 17.5 Å². The molecule has 0 bridgehead atoms. The van der Waals surface area contributed by atoms with E-state index in [0.717, 1.165) is 32.5 Å². The van der Waals surface area contributed by atoms with E-state index < -0.39 is 0 Å². The lowest BCUT2D eigenvalue weighted by Crippen LogP contribution is -2.45. The summed E-state index contributed by atoms with van der Waals surface area (Å²) in [6, 6.07) is 8.69. The van der Waals surface area contributed by atoms with Crippen LogP contribution in [-0.4, -0.2) is 41.5 Å². The van der Waals surface area contributed by atoms with Gasteiger partial charge in [0.25, 0.3) is 0 Å². The van der Waals surface area contributed by atoms with Crippen molar-refractivity contribution >= 4 is 6.03 Å². The molecular formula is C14H19N3O. The normalized spacial score (nSPS) is 23.1. The molecule has 4 nitrogen and oxygen atoms in total. The molecule has 2 aliphatic rings. The van der Waals surface area contributed by atoms with Crippen LogP contribution in [0, 0.1) is 0 Å². The molecule has 1 aromatic rings. The maximum Gasteiger partial charge on any atom is 0.320 e. The summed E-state index contributed by atoms with van der Waals surface area (Å²) in [5, 5.41) is 0. The molecule has 2 heterocycles. The van der Waals surface area contributed by atoms with Gasteiger partial charge in [0.05, 0.1) is 0 Å². The van der Waals surface area contributed by atoms with Crippen LogP contribution >= 0.6 is 0 Å². The first kappa shape index (κ1) is 11.5. The monoisotopic (exact) mass is 245 g/mol. The molecule has 0 aromatic heterocycles. The van der Waals surface area contributed by atoms with Crippen molar-refractivity contribution in [2.45, 2.75) is 25.4 Å². The lowest BCUT2D eigenvalue weighted by atomic mass is 10.0. The van der Waals surface area contributed by atoms with Gasteiger partial charge in [0.15, 0.2) is 0 Å². The number of nitrogens with two attached hydrogens (primary N) is 1. The van der Waals surface area contributed by atoms with E-state index in [1.54, 1.807) is 0 Å². The molecule has 1 unspecified atom stereocenters. The molecule has 1 aromatic carbocycles. The Morgan fingerprint density at radius 2 is 1.94 bits per heavy atom. The fourth-order valence-electron chi connectivity index (χ4n) is 2.82. The highest BCUT2D eigenvalue weighted by Gasteiger charge is 2.29. The van der Waals surface area contributed by atoms with Gasteiger partial charge in [-0.2, -0.15) is 0 Å². The molecule has 0 spiro atoms. The first-order chi connectivity index (χ1) is 8.74. The molecule has 2 aliphatic heterocycles. The van der Waals surface area contributed by atoms with E-state index in [0.29, 0.717) is 6.54 Å². The average Bonchev–Trinajstić information content (AvgIpc) is 2.84. The molecule has 3 rings (SSSR count). The van der Waals surface area contributed by atoms with Gasteiger partial charge in [-0.3, -0.25) is 0 Å². The minimum Gasteiger partial charge on any atom is -0.326 e. The summed E-state index contributed by atoms with van der Waals surface area (Å²) in [6.45, 7) is 3.07. The average molecular weight is 245 g/mol. The van der Waals surface area contributed by atoms with Crippen LogP contribution in [0.5, 0.6) is 0 Å². The summed E-state index contributed by atoms with van der Waals surface area (Å²) in [4.78, 5) is 16.2. The summed E-state index contributed by atoms with van der Waals surface area (Å²) in [5.74, 6) is 0. The van der Waals surface area contributed by atoms with E-state index in [1.807, 2.05) is 15.9 Å². The van der Waals surface area contributed by atoms with Crippen LogP contribution in [0.2, 0.25) is 0 Å². The van der Waals surface area contributed by atoms with Crippen molar-refractivity contribution in [1.82, 2.24) is 9.80 Å². The van der Waals surface area contributed by atoms with Crippen molar-refractivity contribution < 1.29 is 4.79 Å². The number of fused-ring (bicyclic) bond motifs is 1. The number of rotatable bonds is 0. The Kier molecular flexibility index (Phi) is 2.96. The number of hydrogen-bond donors (Lipinski definition) is 1. The third-order valence-electron chi connectivity index (χ3n) is 3.90. The molecule has 96 valence electrons. The summed E-state index contributed by atoms with van der Waals surface area (Å²) in [7, 11) is 0. The second-order valence-electron chi connectivity index (χ2n) is 5.22. The first-order valence-electron chi connectivity index (χ1n) is 6.60. The molecule has 0 saturated carbocycles. The second-order valence-corrected chi connectivity index (χ2v) is 5.22. The van der Waals surface area contributed by atoms with Gasteiger partial charge in [0, 0.05) is 32.2 Å². The highest BCUT2D eigenvalue weighted by Crippen LogP contribution is 2.20. The van der Waals surface area contributed by atoms with Gasteiger partial charge < -0.3 is 15.5 Å². The molecule has 1 saturated heterocycles. The minimum atomic E-state index is 0.150. The van der Waals surface area contributed by atoms with Gasteiger partial charge in [-0.05, 0) is 24.0 Å². The van der Waals surface area contributed by atoms with Crippen molar-refractivity contribution in [3.8, 4) is 0 Å². The Labute approximate surface area is 107 Å². The summed E-state index contributed by atoms with van der Waals surface area (Å²) in [5.41, 5.74) is 8.51. The van der Waals surface area contributed by atoms with E-state index in [1.165, 1.54) is 11.1 Å². The maximum absolute atomic E-state index is 12.4. The fourth-order valence-corrected chi connectivity index (χ4v) is 2.82. The zero-order valence-corrected chi connectivity index (χ0v) is 10.5. The summed E-state index contributed by atoms with van der Waals surface area (Å²) >= 11 is 0. The highest BCUT2D eigenvalue weighted by atomic mass is 16.2. The number of benzene rings is 1. The molecule has 0 aliphatic carbocycles. The predicted octanol–water partition coefficient (Wildman–Crippen LogP) is 1.20. The van der Waals surface area contributed by atoms with Crippen molar-refractivity contribution in [1.29, 1.82) is 0 Å². The number of amides is 2. The second kappa shape index (κ2) is 4.61. The van der Waals surface area contributed by atoms with Gasteiger partial charge in [0.2, 0.25) is 0 Å². The van der Waals surface area contributed by atoms with Gasteiger partial charge in [-0.15, -0.1) is 0 Å². The Morgan fingerprint density at radius 3 is 2.67 bits per heavy atom. The topological polar surface area (TPSA) is 49.6 Å². The Hall–Kier alpha value is -1.55. The van der Waals surface area contributed by atoms with E-state index in [4.69, 9.17) is 5.73 Å². The summed E-state index contributed by atoms with van der Waals surface area (Å²) < 4.78 is 0. The lowest BCUT2D eigenvalue weighted by Gasteiger charge is -2.32. The number of hydrogen-bond acceptors (Lipinski definition) is 2. The largest absolute Gasteiger partial charge is 0.326 e. The number of carbonyl (C=O) groups excluding carboxylic acids is 1. The van der Waals surface area contributed by atoms with E-state index in [9.17, 15) is 4.79 Å². The Morgan fingerprint density at radius 1 is 1.17 bits per heavy atom. The van der Waals surface area contributed by atoms with Gasteiger partial charge in [-0.1, -0.05) is 24.3 Å². The predicted molar refractivity (Wildman–Crippen MR) is 70.1 cm³/mol. The molecule has 18 heavy (non-hydrogen) atoms. The Bertz CT molecular complexity index is 460. The highest BCUT2D eigenvalue weighted by molar-refractivity contribution is 5.75. The SMILES string of the molecule is NC1CCN(C(=O)N2CCc3ccccc3C2)C1. The van der Waals surface area contributed by atoms with Crippen LogP contribution in [0.15, 0.2) is 24.3 Å². The van der Waals surface area contributed by atoms with E-state index in [2.05, 4.69) is 18.2 Å². The third-order valence-corrected chi connectivity index (χ3v) is 3.90. The van der Waals surface area contributed by atoms with Gasteiger partial charge in [-0.25, -0.2) is 4.79 Å². The molecule has 2 amide bonds. The van der Waals surface area contributed by atoms with E-state index >= 15 is 0 Å². The number of nitrogens with zero attached hydrogens (tertiary/aromatic N) is 2. The quantitative estimate of drug-likeness (QED) is 0.746. The lowest BCUT2D eigenvalue weighted by molar-refractivity contribution is 0.156. The third kappa shape index (κ3) is 2.08. The van der Waals surface area contributed by atoms with Crippen LogP contribution in [0.4, 0.5) is 4.79 Å². The molecule has 4 heteroatoms. The van der Waals surface area contributed by atoms with E-state index in [-0.39, 0.29) is 12.1 Å². The molecule has 0 radical (unpaired) electrons. The first-order valence-corrected chi connectivity index (χ1v) is 6.60. The molecule has 1 fully saturated rings. The van der Waals surface area contributed by atoms with Crippen molar-refractivity contribution in [2.75, 3.05) is 19.6 Å². The zero-order chi connectivity index (χ0) is 12.5. The molecule has 2 N–H and O–H groups in total. The fraction of sp³-hybridized carbons (Fsp3) is 0.500. The zero-order valence-electron chi connectivity index (χ0n) is 10.5. The minimum absolute atomic E-state index is 0.150. The number of urea groups is 1. The van der Waals surface area contributed by atoms with Crippen molar-refractivity contribution in [2.24, 2.45) is 5.73 Å². The van der Waals surface area contributed by atoms with Crippen LogP contribution < -0.4 is 5.73 Å².